The molecular weight excluding hydrogens is 605 g/mol. The SMILES string of the molecule is [2H]c1c([2H])c([2H])c2c(c1[2H])c1c([2H])c(-c3ccc4c(c3)c3cccc(-c5ccccc5)c3n4-c3ccc(-c4ccccc4)cc3)c([2H])c([2H])c1n2-c1ccccc1. The Kier molecular flexibility index (Phi) is 5.08. The van der Waals surface area contributed by atoms with Gasteiger partial charge in [-0.15, -0.1) is 0 Å². The number of para-hydroxylation sites is 3. The van der Waals surface area contributed by atoms with Crippen LogP contribution >= 0.6 is 0 Å². The van der Waals surface area contributed by atoms with Gasteiger partial charge in [-0.25, -0.2) is 0 Å². The van der Waals surface area contributed by atoms with Crippen molar-refractivity contribution >= 4 is 43.6 Å². The van der Waals surface area contributed by atoms with Crippen LogP contribution in [0.25, 0.3) is 88.4 Å². The average Bonchev–Trinajstić information content (AvgIpc) is 3.80. The van der Waals surface area contributed by atoms with Crippen LogP contribution in [-0.4, -0.2) is 9.13 Å². The summed E-state index contributed by atoms with van der Waals surface area (Å²) in [5.74, 6) is 0. The third-order valence-electron chi connectivity index (χ3n) is 9.57. The fourth-order valence-corrected chi connectivity index (χ4v) is 7.27. The molecule has 0 saturated carbocycles. The Bertz CT molecular complexity index is 3230. The van der Waals surface area contributed by atoms with E-state index in [1.54, 1.807) is 16.7 Å². The van der Waals surface area contributed by atoms with Crippen LogP contribution < -0.4 is 0 Å². The topological polar surface area (TPSA) is 9.86 Å². The number of benzene rings is 8. The van der Waals surface area contributed by atoms with E-state index >= 15 is 0 Å². The molecule has 0 atom stereocenters. The lowest BCUT2D eigenvalue weighted by Gasteiger charge is -2.13. The Morgan fingerprint density at radius 2 is 1.00 bits per heavy atom. The second-order valence-electron chi connectivity index (χ2n) is 12.4. The zero-order chi connectivity index (χ0) is 39.1. The Morgan fingerprint density at radius 1 is 0.360 bits per heavy atom. The standard InChI is InChI=1S/C48H32N2/c1-4-13-33(14-5-1)34-23-27-39(28-24-34)50-47-30-26-37(32-44(47)42-21-12-20-40(48(42)50)35-15-6-2-7-16-35)36-25-29-46-43(31-36)41-19-10-11-22-45(41)49(46)38-17-8-3-9-18-38/h1-32H/i10D,11D,19D,22D,25D,29D,31D. The molecule has 0 saturated heterocycles. The number of aromatic nitrogens is 2. The van der Waals surface area contributed by atoms with Crippen LogP contribution in [0, 0.1) is 0 Å². The minimum Gasteiger partial charge on any atom is -0.309 e. The van der Waals surface area contributed by atoms with Crippen LogP contribution in [0.15, 0.2) is 194 Å². The molecule has 0 N–H and O–H groups in total. The second kappa shape index (κ2) is 11.5. The minimum absolute atomic E-state index is 0.0692. The Hall–Kier alpha value is -6.64. The van der Waals surface area contributed by atoms with Gasteiger partial charge in [-0.1, -0.05) is 139 Å². The van der Waals surface area contributed by atoms with Crippen molar-refractivity contribution in [1.29, 1.82) is 0 Å². The van der Waals surface area contributed by atoms with E-state index in [9.17, 15) is 4.11 Å². The van der Waals surface area contributed by atoms with Gasteiger partial charge in [-0.05, 0) is 82.3 Å². The average molecular weight is 644 g/mol. The Morgan fingerprint density at radius 3 is 1.78 bits per heavy atom. The second-order valence-corrected chi connectivity index (χ2v) is 12.4. The molecule has 0 aliphatic rings. The van der Waals surface area contributed by atoms with Crippen molar-refractivity contribution in [3.8, 4) is 44.8 Å². The van der Waals surface area contributed by atoms with E-state index in [1.165, 1.54) is 0 Å². The molecule has 10 aromatic rings. The van der Waals surface area contributed by atoms with Gasteiger partial charge in [0.15, 0.2) is 0 Å². The first kappa shape index (κ1) is 22.1. The van der Waals surface area contributed by atoms with Crippen molar-refractivity contribution in [2.75, 3.05) is 0 Å². The van der Waals surface area contributed by atoms with Crippen LogP contribution in [0.4, 0.5) is 0 Å². The molecule has 2 aromatic heterocycles. The first-order chi connectivity index (χ1) is 27.7. The van der Waals surface area contributed by atoms with Crippen LogP contribution in [0.5, 0.6) is 0 Å². The van der Waals surface area contributed by atoms with Crippen LogP contribution in [0.1, 0.15) is 9.60 Å². The summed E-state index contributed by atoms with van der Waals surface area (Å²) in [6, 6.07) is 48.5. The van der Waals surface area contributed by atoms with Crippen molar-refractivity contribution in [3.63, 3.8) is 0 Å². The molecule has 0 radical (unpaired) electrons. The lowest BCUT2D eigenvalue weighted by molar-refractivity contribution is 1.18. The van der Waals surface area contributed by atoms with Crippen molar-refractivity contribution in [2.24, 2.45) is 0 Å². The number of rotatable bonds is 5. The monoisotopic (exact) mass is 643 g/mol. The maximum atomic E-state index is 9.74. The highest BCUT2D eigenvalue weighted by molar-refractivity contribution is 6.15. The van der Waals surface area contributed by atoms with E-state index < -0.39 is 12.1 Å². The summed E-state index contributed by atoms with van der Waals surface area (Å²) in [5, 5.41) is 2.26. The first-order valence-electron chi connectivity index (χ1n) is 20.1. The zero-order valence-electron chi connectivity index (χ0n) is 33.8. The molecular formula is C48H32N2. The van der Waals surface area contributed by atoms with Gasteiger partial charge in [-0.3, -0.25) is 0 Å². The Labute approximate surface area is 300 Å². The van der Waals surface area contributed by atoms with Gasteiger partial charge < -0.3 is 9.13 Å². The van der Waals surface area contributed by atoms with E-state index in [0.717, 1.165) is 49.7 Å². The molecule has 2 heteroatoms. The summed E-state index contributed by atoms with van der Waals surface area (Å²) in [5.41, 5.74) is 9.02. The normalized spacial score (nSPS) is 13.6. The summed E-state index contributed by atoms with van der Waals surface area (Å²) in [4.78, 5) is 0. The third kappa shape index (κ3) is 4.50. The Balaban J connectivity index is 1.27. The van der Waals surface area contributed by atoms with Gasteiger partial charge in [0.2, 0.25) is 0 Å². The van der Waals surface area contributed by atoms with Crippen LogP contribution in [0.2, 0.25) is 0 Å². The zero-order valence-corrected chi connectivity index (χ0v) is 26.8. The van der Waals surface area contributed by atoms with E-state index in [-0.39, 0.29) is 57.6 Å². The van der Waals surface area contributed by atoms with Crippen molar-refractivity contribution in [3.05, 3.63) is 194 Å². The number of hydrogen-bond acceptors (Lipinski definition) is 0. The molecule has 0 bridgehead atoms. The lowest BCUT2D eigenvalue weighted by atomic mass is 9.99. The molecule has 0 aliphatic carbocycles. The molecule has 234 valence electrons. The van der Waals surface area contributed by atoms with Gasteiger partial charge in [0.25, 0.3) is 0 Å². The minimum atomic E-state index is -0.415. The summed E-state index contributed by atoms with van der Waals surface area (Å²) in [6.45, 7) is 0. The summed E-state index contributed by atoms with van der Waals surface area (Å²) in [6.07, 6.45) is 0. The summed E-state index contributed by atoms with van der Waals surface area (Å²) >= 11 is 0. The van der Waals surface area contributed by atoms with Crippen molar-refractivity contribution < 1.29 is 9.60 Å². The smallest absolute Gasteiger partial charge is 0.0645 e. The van der Waals surface area contributed by atoms with E-state index in [1.807, 2.05) is 78.9 Å². The van der Waals surface area contributed by atoms with Gasteiger partial charge in [0, 0.05) is 38.5 Å². The molecule has 0 fully saturated rings. The fraction of sp³-hybridized carbons (Fsp3) is 0. The van der Waals surface area contributed by atoms with Crippen molar-refractivity contribution in [1.82, 2.24) is 9.13 Å². The van der Waals surface area contributed by atoms with Crippen molar-refractivity contribution in [2.45, 2.75) is 0 Å². The van der Waals surface area contributed by atoms with E-state index in [0.29, 0.717) is 11.3 Å². The fourth-order valence-electron chi connectivity index (χ4n) is 7.27. The van der Waals surface area contributed by atoms with Gasteiger partial charge >= 0.3 is 0 Å². The lowest BCUT2D eigenvalue weighted by Crippen LogP contribution is -1.95. The predicted molar refractivity (Wildman–Crippen MR) is 211 cm³/mol. The van der Waals surface area contributed by atoms with E-state index in [4.69, 9.17) is 5.48 Å². The third-order valence-corrected chi connectivity index (χ3v) is 9.57. The van der Waals surface area contributed by atoms with Gasteiger partial charge in [0.1, 0.15) is 0 Å². The molecule has 0 unspecified atom stereocenters. The maximum Gasteiger partial charge on any atom is 0.0645 e. The number of nitrogens with zero attached hydrogens (tertiary/aromatic N) is 2. The number of hydrogen-bond donors (Lipinski definition) is 0. The molecule has 8 aromatic carbocycles. The van der Waals surface area contributed by atoms with Crippen LogP contribution in [0.3, 0.4) is 0 Å². The van der Waals surface area contributed by atoms with Gasteiger partial charge in [-0.2, -0.15) is 0 Å². The number of fused-ring (bicyclic) bond motifs is 6. The quantitative estimate of drug-likeness (QED) is 0.177. The summed E-state index contributed by atoms with van der Waals surface area (Å²) < 4.78 is 67.5. The van der Waals surface area contributed by atoms with E-state index in [2.05, 4.69) is 65.2 Å². The molecule has 2 nitrogen and oxygen atoms in total. The van der Waals surface area contributed by atoms with Crippen LogP contribution in [-0.2, 0) is 0 Å². The summed E-state index contributed by atoms with van der Waals surface area (Å²) in [7, 11) is 0. The predicted octanol–water partition coefficient (Wildman–Crippen LogP) is 12.9. The molecule has 2 heterocycles. The molecule has 0 amide bonds. The maximum absolute atomic E-state index is 9.74. The highest BCUT2D eigenvalue weighted by Gasteiger charge is 2.18. The highest BCUT2D eigenvalue weighted by Crippen LogP contribution is 2.41. The molecule has 10 rings (SSSR count). The molecule has 50 heavy (non-hydrogen) atoms. The highest BCUT2D eigenvalue weighted by atomic mass is 15.0. The molecule has 0 aliphatic heterocycles. The molecule has 0 spiro atoms. The first-order valence-corrected chi connectivity index (χ1v) is 16.6. The largest absolute Gasteiger partial charge is 0.309 e. The van der Waals surface area contributed by atoms with Gasteiger partial charge in [0.05, 0.1) is 31.7 Å².